The van der Waals surface area contributed by atoms with E-state index in [-0.39, 0.29) is 18.6 Å². The zero-order chi connectivity index (χ0) is 29.5. The van der Waals surface area contributed by atoms with E-state index in [1.165, 1.54) is 18.3 Å². The monoisotopic (exact) mass is 558 g/mol. The highest BCUT2D eigenvalue weighted by molar-refractivity contribution is 6.00. The summed E-state index contributed by atoms with van der Waals surface area (Å²) in [5.41, 5.74) is 10.2. The lowest BCUT2D eigenvalue weighted by Gasteiger charge is -2.17. The topological polar surface area (TPSA) is 115 Å². The molecule has 0 saturated heterocycles. The van der Waals surface area contributed by atoms with Gasteiger partial charge in [-0.2, -0.15) is 4.39 Å². The van der Waals surface area contributed by atoms with E-state index in [1.807, 2.05) is 63.2 Å². The van der Waals surface area contributed by atoms with Crippen LogP contribution in [-0.4, -0.2) is 58.0 Å². The standard InChI is InChI=1S/C31H35FN6O3/c1-5-20(2)29(33)31(40)41-19-38-18-26(22-11-12-34-27(32)16-22)25-15-23(17-35-30(25)38)21-8-6-9-24(14-21)36-28(39)10-7-13-37(3)4/h6-12,14-18,20,29H,5,13,19,33H2,1-4H3,(H,36,39)/b10-7+. The number of likely N-dealkylation sites (N-methyl/N-ethyl adjacent to an activating group) is 1. The fraction of sp³-hybridized carbons (Fsp3) is 0.290. The number of ether oxygens (including phenoxy) is 1. The van der Waals surface area contributed by atoms with Crippen molar-refractivity contribution in [1.29, 1.82) is 0 Å². The normalized spacial score (nSPS) is 13.0. The molecular formula is C31H35FN6O3. The van der Waals surface area contributed by atoms with E-state index >= 15 is 0 Å². The first-order valence-corrected chi connectivity index (χ1v) is 13.4. The van der Waals surface area contributed by atoms with Crippen LogP contribution in [0.2, 0.25) is 0 Å². The molecule has 0 aliphatic heterocycles. The average molecular weight is 559 g/mol. The van der Waals surface area contributed by atoms with E-state index < -0.39 is 18.0 Å². The highest BCUT2D eigenvalue weighted by atomic mass is 19.1. The number of esters is 1. The molecule has 1 amide bonds. The van der Waals surface area contributed by atoms with E-state index in [2.05, 4.69) is 15.3 Å². The highest BCUT2D eigenvalue weighted by Crippen LogP contribution is 2.33. The lowest BCUT2D eigenvalue weighted by molar-refractivity contribution is -0.150. The number of nitrogens with zero attached hydrogens (tertiary/aromatic N) is 4. The zero-order valence-electron chi connectivity index (χ0n) is 23.7. The van der Waals surface area contributed by atoms with Gasteiger partial charge in [0.1, 0.15) is 11.7 Å². The van der Waals surface area contributed by atoms with E-state index in [9.17, 15) is 14.0 Å². The summed E-state index contributed by atoms with van der Waals surface area (Å²) >= 11 is 0. The van der Waals surface area contributed by atoms with Crippen LogP contribution in [0.4, 0.5) is 10.1 Å². The van der Waals surface area contributed by atoms with Gasteiger partial charge in [0.2, 0.25) is 11.9 Å². The molecule has 4 rings (SSSR count). The van der Waals surface area contributed by atoms with Crippen molar-refractivity contribution in [2.75, 3.05) is 26.0 Å². The predicted octanol–water partition coefficient (Wildman–Crippen LogP) is 4.83. The van der Waals surface area contributed by atoms with Crippen molar-refractivity contribution in [3.63, 3.8) is 0 Å². The molecule has 0 aliphatic rings. The van der Waals surface area contributed by atoms with Crippen LogP contribution in [0, 0.1) is 11.9 Å². The molecule has 0 saturated carbocycles. The van der Waals surface area contributed by atoms with Gasteiger partial charge in [0.25, 0.3) is 0 Å². The first-order chi connectivity index (χ1) is 19.7. The van der Waals surface area contributed by atoms with Crippen molar-refractivity contribution in [3.05, 3.63) is 79.2 Å². The maximum Gasteiger partial charge on any atom is 0.324 e. The molecule has 0 radical (unpaired) electrons. The van der Waals surface area contributed by atoms with Crippen LogP contribution in [0.5, 0.6) is 0 Å². The third kappa shape index (κ3) is 7.41. The Morgan fingerprint density at radius 3 is 2.68 bits per heavy atom. The number of nitrogens with one attached hydrogen (secondary N) is 1. The van der Waals surface area contributed by atoms with Crippen LogP contribution < -0.4 is 11.1 Å². The maximum atomic E-state index is 14.1. The predicted molar refractivity (Wildman–Crippen MR) is 158 cm³/mol. The quantitative estimate of drug-likeness (QED) is 0.154. The molecule has 3 N–H and O–H groups in total. The minimum atomic E-state index is -0.730. The van der Waals surface area contributed by atoms with Crippen molar-refractivity contribution in [3.8, 4) is 22.3 Å². The summed E-state index contributed by atoms with van der Waals surface area (Å²) in [5, 5.41) is 3.62. The molecule has 2 atom stereocenters. The molecule has 0 spiro atoms. The second-order valence-corrected chi connectivity index (χ2v) is 10.2. The Labute approximate surface area is 238 Å². The van der Waals surface area contributed by atoms with Gasteiger partial charge in [-0.3, -0.25) is 14.2 Å². The van der Waals surface area contributed by atoms with Gasteiger partial charge in [0, 0.05) is 59.5 Å². The maximum absolute atomic E-state index is 14.1. The number of aromatic nitrogens is 3. The Morgan fingerprint density at radius 2 is 1.95 bits per heavy atom. The molecule has 214 valence electrons. The lowest BCUT2D eigenvalue weighted by atomic mass is 10.0. The molecule has 9 nitrogen and oxygen atoms in total. The van der Waals surface area contributed by atoms with Gasteiger partial charge in [0.05, 0.1) is 0 Å². The van der Waals surface area contributed by atoms with Crippen molar-refractivity contribution in [2.24, 2.45) is 11.7 Å². The lowest BCUT2D eigenvalue weighted by Crippen LogP contribution is -2.38. The Hall–Kier alpha value is -4.41. The SMILES string of the molecule is CCC(C)C(N)C(=O)OCn1cc(-c2ccnc(F)c2)c2cc(-c3cccc(NC(=O)/C=C/CN(C)C)c3)cnc21. The molecule has 0 bridgehead atoms. The highest BCUT2D eigenvalue weighted by Gasteiger charge is 2.22. The third-order valence-electron chi connectivity index (χ3n) is 6.83. The molecule has 3 aromatic heterocycles. The summed E-state index contributed by atoms with van der Waals surface area (Å²) in [5.74, 6) is -1.35. The number of carbonyl (C=O) groups excluding carboxylic acids is 2. The minimum absolute atomic E-state index is 0.0189. The van der Waals surface area contributed by atoms with Gasteiger partial charge in [-0.05, 0) is 55.4 Å². The molecule has 0 fully saturated rings. The molecule has 1 aromatic carbocycles. The van der Waals surface area contributed by atoms with Gasteiger partial charge in [-0.25, -0.2) is 9.97 Å². The molecule has 0 aliphatic carbocycles. The van der Waals surface area contributed by atoms with E-state index in [0.717, 1.165) is 22.9 Å². The second-order valence-electron chi connectivity index (χ2n) is 10.2. The fourth-order valence-corrected chi connectivity index (χ4v) is 4.27. The first kappa shape index (κ1) is 29.6. The zero-order valence-corrected chi connectivity index (χ0v) is 23.7. The Kier molecular flexibility index (Phi) is 9.59. The third-order valence-corrected chi connectivity index (χ3v) is 6.83. The largest absolute Gasteiger partial charge is 0.443 e. The number of anilines is 1. The molecule has 10 heteroatoms. The van der Waals surface area contributed by atoms with Crippen LogP contribution in [0.25, 0.3) is 33.3 Å². The van der Waals surface area contributed by atoms with Gasteiger partial charge in [0.15, 0.2) is 6.73 Å². The number of hydrogen-bond donors (Lipinski definition) is 2. The Morgan fingerprint density at radius 1 is 1.15 bits per heavy atom. The van der Waals surface area contributed by atoms with Crippen LogP contribution in [0.3, 0.4) is 0 Å². The van der Waals surface area contributed by atoms with Crippen LogP contribution in [0.15, 0.2) is 73.2 Å². The second kappa shape index (κ2) is 13.3. The number of nitrogens with two attached hydrogens (primary N) is 1. The summed E-state index contributed by atoms with van der Waals surface area (Å²) in [6.45, 7) is 4.43. The van der Waals surface area contributed by atoms with E-state index in [0.29, 0.717) is 29.0 Å². The smallest absolute Gasteiger partial charge is 0.324 e. The number of fused-ring (bicyclic) bond motifs is 1. The van der Waals surface area contributed by atoms with Crippen molar-refractivity contribution in [2.45, 2.75) is 33.0 Å². The molecule has 2 unspecified atom stereocenters. The van der Waals surface area contributed by atoms with Crippen molar-refractivity contribution in [1.82, 2.24) is 19.4 Å². The van der Waals surface area contributed by atoms with Gasteiger partial charge in [-0.15, -0.1) is 0 Å². The molecule has 4 aromatic rings. The van der Waals surface area contributed by atoms with Gasteiger partial charge in [-0.1, -0.05) is 38.5 Å². The van der Waals surface area contributed by atoms with Crippen molar-refractivity contribution >= 4 is 28.6 Å². The fourth-order valence-electron chi connectivity index (χ4n) is 4.27. The first-order valence-electron chi connectivity index (χ1n) is 13.4. The number of amides is 1. The number of hydrogen-bond acceptors (Lipinski definition) is 7. The number of carbonyl (C=O) groups is 2. The average Bonchev–Trinajstić information content (AvgIpc) is 3.32. The Balaban J connectivity index is 1.66. The summed E-state index contributed by atoms with van der Waals surface area (Å²) < 4.78 is 21.3. The van der Waals surface area contributed by atoms with Crippen molar-refractivity contribution < 1.29 is 18.7 Å². The van der Waals surface area contributed by atoms with Gasteiger partial charge >= 0.3 is 5.97 Å². The molecule has 3 heterocycles. The van der Waals surface area contributed by atoms with Crippen LogP contribution in [-0.2, 0) is 21.1 Å². The number of halogens is 1. The Bertz CT molecular complexity index is 1560. The minimum Gasteiger partial charge on any atom is -0.443 e. The van der Waals surface area contributed by atoms with Crippen LogP contribution >= 0.6 is 0 Å². The summed E-state index contributed by atoms with van der Waals surface area (Å²) in [7, 11) is 3.86. The molecule has 41 heavy (non-hydrogen) atoms. The summed E-state index contributed by atoms with van der Waals surface area (Å²) in [6, 6.07) is 11.7. The molecular weight excluding hydrogens is 523 g/mol. The number of benzene rings is 1. The van der Waals surface area contributed by atoms with E-state index in [1.54, 1.807) is 29.1 Å². The van der Waals surface area contributed by atoms with Crippen LogP contribution in [0.1, 0.15) is 20.3 Å². The van der Waals surface area contributed by atoms with Gasteiger partial charge < -0.3 is 20.7 Å². The van der Waals surface area contributed by atoms with E-state index in [4.69, 9.17) is 10.5 Å². The number of rotatable bonds is 11. The summed E-state index contributed by atoms with van der Waals surface area (Å²) in [6.07, 6.45) is 8.93. The summed E-state index contributed by atoms with van der Waals surface area (Å²) in [4.78, 5) is 35.2. The number of pyridine rings is 2.